The van der Waals surface area contributed by atoms with Crippen molar-refractivity contribution in [1.29, 1.82) is 0 Å². The van der Waals surface area contributed by atoms with E-state index < -0.39 is 10.0 Å². The highest BCUT2D eigenvalue weighted by atomic mass is 32.2. The van der Waals surface area contributed by atoms with Crippen LogP contribution in [-0.2, 0) is 14.8 Å². The van der Waals surface area contributed by atoms with Crippen LogP contribution in [0.5, 0.6) is 5.75 Å². The van der Waals surface area contributed by atoms with E-state index in [0.717, 1.165) is 12.8 Å². The second-order valence-corrected chi connectivity index (χ2v) is 8.19. The lowest BCUT2D eigenvalue weighted by molar-refractivity contribution is 0.102. The number of hydrogen-bond donors (Lipinski definition) is 2. The van der Waals surface area contributed by atoms with Gasteiger partial charge < -0.3 is 14.8 Å². The molecule has 1 heterocycles. The Morgan fingerprint density at radius 2 is 1.86 bits per heavy atom. The second kappa shape index (κ2) is 9.18. The molecule has 1 amide bonds. The zero-order valence-electron chi connectivity index (χ0n) is 15.7. The normalized spacial score (nSPS) is 16.7. The smallest absolute Gasteiger partial charge is 0.255 e. The largest absolute Gasteiger partial charge is 0.494 e. The van der Waals surface area contributed by atoms with Gasteiger partial charge in [-0.1, -0.05) is 0 Å². The standard InChI is InChI=1S/C20H24N2O5S/c1-2-26-17-9-5-15(6-10-17)20(23)22-16-7-11-19(12-8-16)28(24,25)21-14-18-4-3-13-27-18/h5-12,18,21H,2-4,13-14H2,1H3,(H,22,23). The van der Waals surface area contributed by atoms with E-state index in [0.29, 0.717) is 30.2 Å². The van der Waals surface area contributed by atoms with Gasteiger partial charge >= 0.3 is 0 Å². The van der Waals surface area contributed by atoms with Crippen LogP contribution in [0, 0.1) is 0 Å². The van der Waals surface area contributed by atoms with E-state index in [1.165, 1.54) is 12.1 Å². The number of carbonyl (C=O) groups is 1. The molecule has 1 aliphatic rings. The summed E-state index contributed by atoms with van der Waals surface area (Å²) in [5.74, 6) is 0.416. The SMILES string of the molecule is CCOc1ccc(C(=O)Nc2ccc(S(=O)(=O)NCC3CCCO3)cc2)cc1. The summed E-state index contributed by atoms with van der Waals surface area (Å²) in [6.07, 6.45) is 1.75. The molecule has 2 aromatic rings. The maximum Gasteiger partial charge on any atom is 0.255 e. The first-order chi connectivity index (χ1) is 13.5. The van der Waals surface area contributed by atoms with Gasteiger partial charge in [0.05, 0.1) is 17.6 Å². The summed E-state index contributed by atoms with van der Waals surface area (Å²) in [7, 11) is -3.61. The first-order valence-corrected chi connectivity index (χ1v) is 10.7. The highest BCUT2D eigenvalue weighted by Crippen LogP contribution is 2.17. The van der Waals surface area contributed by atoms with E-state index >= 15 is 0 Å². The molecular formula is C20H24N2O5S. The fourth-order valence-electron chi connectivity index (χ4n) is 2.88. The molecule has 1 fully saturated rings. The molecule has 0 aliphatic carbocycles. The number of benzene rings is 2. The number of carbonyl (C=O) groups excluding carboxylic acids is 1. The summed E-state index contributed by atoms with van der Waals surface area (Å²) in [6, 6.07) is 12.9. The molecule has 0 bridgehead atoms. The van der Waals surface area contributed by atoms with E-state index in [-0.39, 0.29) is 23.5 Å². The average molecular weight is 404 g/mol. The van der Waals surface area contributed by atoms with E-state index in [1.54, 1.807) is 36.4 Å². The van der Waals surface area contributed by atoms with Gasteiger partial charge in [-0.2, -0.15) is 0 Å². The van der Waals surface area contributed by atoms with Gasteiger partial charge in [0.2, 0.25) is 10.0 Å². The van der Waals surface area contributed by atoms with Crippen LogP contribution in [0.4, 0.5) is 5.69 Å². The Balaban J connectivity index is 1.59. The van der Waals surface area contributed by atoms with Crippen LogP contribution < -0.4 is 14.8 Å². The summed E-state index contributed by atoms with van der Waals surface area (Å²) in [5.41, 5.74) is 0.996. The lowest BCUT2D eigenvalue weighted by atomic mass is 10.2. The second-order valence-electron chi connectivity index (χ2n) is 6.42. The van der Waals surface area contributed by atoms with Crippen molar-refractivity contribution in [3.63, 3.8) is 0 Å². The average Bonchev–Trinajstić information content (AvgIpc) is 3.21. The third-order valence-corrected chi connectivity index (χ3v) is 5.81. The number of anilines is 1. The minimum atomic E-state index is -3.61. The lowest BCUT2D eigenvalue weighted by Crippen LogP contribution is -2.31. The molecule has 7 nitrogen and oxygen atoms in total. The van der Waals surface area contributed by atoms with Crippen molar-refractivity contribution in [3.05, 3.63) is 54.1 Å². The topological polar surface area (TPSA) is 93.7 Å². The van der Waals surface area contributed by atoms with Crippen molar-refractivity contribution in [2.24, 2.45) is 0 Å². The summed E-state index contributed by atoms with van der Waals surface area (Å²) in [6.45, 7) is 3.39. The Kier molecular flexibility index (Phi) is 6.66. The molecule has 0 aromatic heterocycles. The molecule has 0 spiro atoms. The van der Waals surface area contributed by atoms with E-state index in [2.05, 4.69) is 10.0 Å². The fraction of sp³-hybridized carbons (Fsp3) is 0.350. The van der Waals surface area contributed by atoms with Gasteiger partial charge in [0.1, 0.15) is 5.75 Å². The molecule has 28 heavy (non-hydrogen) atoms. The predicted octanol–water partition coefficient (Wildman–Crippen LogP) is 2.79. The zero-order chi connectivity index (χ0) is 20.0. The number of amides is 1. The van der Waals surface area contributed by atoms with E-state index in [1.807, 2.05) is 6.92 Å². The minimum absolute atomic E-state index is 0.0672. The molecule has 1 aliphatic heterocycles. The molecule has 150 valence electrons. The summed E-state index contributed by atoms with van der Waals surface area (Å²) >= 11 is 0. The maximum atomic E-state index is 12.4. The summed E-state index contributed by atoms with van der Waals surface area (Å²) in [4.78, 5) is 12.5. The van der Waals surface area contributed by atoms with Crippen molar-refractivity contribution >= 4 is 21.6 Å². The number of ether oxygens (including phenoxy) is 2. The quantitative estimate of drug-likeness (QED) is 0.706. The fourth-order valence-corrected chi connectivity index (χ4v) is 3.95. The van der Waals surface area contributed by atoms with Gasteiger partial charge in [0.15, 0.2) is 0 Å². The van der Waals surface area contributed by atoms with Gasteiger partial charge in [0, 0.05) is 24.4 Å². The molecule has 2 N–H and O–H groups in total. The zero-order valence-corrected chi connectivity index (χ0v) is 16.5. The van der Waals surface area contributed by atoms with Crippen molar-refractivity contribution in [3.8, 4) is 5.75 Å². The molecule has 1 unspecified atom stereocenters. The van der Waals surface area contributed by atoms with E-state index in [9.17, 15) is 13.2 Å². The first-order valence-electron chi connectivity index (χ1n) is 9.23. The van der Waals surface area contributed by atoms with Crippen molar-refractivity contribution in [2.45, 2.75) is 30.8 Å². The van der Waals surface area contributed by atoms with Crippen molar-refractivity contribution in [2.75, 3.05) is 25.1 Å². The van der Waals surface area contributed by atoms with Crippen LogP contribution in [0.25, 0.3) is 0 Å². The number of rotatable bonds is 8. The van der Waals surface area contributed by atoms with Crippen LogP contribution in [0.2, 0.25) is 0 Å². The predicted molar refractivity (Wildman–Crippen MR) is 106 cm³/mol. The lowest BCUT2D eigenvalue weighted by Gasteiger charge is -2.12. The Labute approximate surface area is 165 Å². The number of sulfonamides is 1. The molecule has 0 saturated carbocycles. The van der Waals surface area contributed by atoms with Crippen LogP contribution in [0.1, 0.15) is 30.1 Å². The Bertz CT molecular complexity index is 889. The Morgan fingerprint density at radius 1 is 1.14 bits per heavy atom. The highest BCUT2D eigenvalue weighted by molar-refractivity contribution is 7.89. The number of nitrogens with one attached hydrogen (secondary N) is 2. The maximum absolute atomic E-state index is 12.4. The summed E-state index contributed by atoms with van der Waals surface area (Å²) < 4.78 is 38.1. The van der Waals surface area contributed by atoms with Gasteiger partial charge in [-0.05, 0) is 68.3 Å². The molecule has 3 rings (SSSR count). The van der Waals surface area contributed by atoms with Gasteiger partial charge in [-0.3, -0.25) is 4.79 Å². The van der Waals surface area contributed by atoms with Crippen LogP contribution in [0.15, 0.2) is 53.4 Å². The van der Waals surface area contributed by atoms with Crippen LogP contribution in [0.3, 0.4) is 0 Å². The third kappa shape index (κ3) is 5.31. The highest BCUT2D eigenvalue weighted by Gasteiger charge is 2.20. The minimum Gasteiger partial charge on any atom is -0.494 e. The first kappa shape index (κ1) is 20.3. The summed E-state index contributed by atoms with van der Waals surface area (Å²) in [5, 5.41) is 2.75. The van der Waals surface area contributed by atoms with Crippen LogP contribution in [-0.4, -0.2) is 40.2 Å². The third-order valence-electron chi connectivity index (χ3n) is 4.38. The van der Waals surface area contributed by atoms with Crippen LogP contribution >= 0.6 is 0 Å². The molecular weight excluding hydrogens is 380 g/mol. The number of hydrogen-bond acceptors (Lipinski definition) is 5. The monoisotopic (exact) mass is 404 g/mol. The molecule has 0 radical (unpaired) electrons. The molecule has 1 atom stereocenters. The Hall–Kier alpha value is -2.42. The molecule has 1 saturated heterocycles. The molecule has 2 aromatic carbocycles. The van der Waals surface area contributed by atoms with Crippen molar-refractivity contribution in [1.82, 2.24) is 4.72 Å². The van der Waals surface area contributed by atoms with Crippen molar-refractivity contribution < 1.29 is 22.7 Å². The van der Waals surface area contributed by atoms with Gasteiger partial charge in [-0.25, -0.2) is 13.1 Å². The molecule has 8 heteroatoms. The van der Waals surface area contributed by atoms with Gasteiger partial charge in [-0.15, -0.1) is 0 Å². The van der Waals surface area contributed by atoms with Gasteiger partial charge in [0.25, 0.3) is 5.91 Å². The van der Waals surface area contributed by atoms with E-state index in [4.69, 9.17) is 9.47 Å². The Morgan fingerprint density at radius 3 is 2.46 bits per heavy atom.